The Morgan fingerprint density at radius 3 is 2.52 bits per heavy atom. The van der Waals surface area contributed by atoms with Crippen molar-refractivity contribution in [3.05, 3.63) is 54.1 Å². The van der Waals surface area contributed by atoms with Crippen LogP contribution in [0.25, 0.3) is 5.69 Å². The number of benzene rings is 1. The molecule has 0 atom stereocenters. The Balaban J connectivity index is 1.77. The first-order valence-corrected chi connectivity index (χ1v) is 7.52. The van der Waals surface area contributed by atoms with E-state index in [1.807, 2.05) is 42.6 Å². The number of nitrogens with zero attached hydrogens (tertiary/aromatic N) is 3. The van der Waals surface area contributed by atoms with Crippen molar-refractivity contribution >= 4 is 5.91 Å². The van der Waals surface area contributed by atoms with Crippen LogP contribution < -0.4 is 5.36 Å². The van der Waals surface area contributed by atoms with Gasteiger partial charge in [-0.15, -0.1) is 0 Å². The van der Waals surface area contributed by atoms with Crippen molar-refractivity contribution in [1.29, 1.82) is 0 Å². The molecule has 1 aliphatic rings. The monoisotopic (exact) mass is 281 g/mol. The molecule has 1 heterocycles. The van der Waals surface area contributed by atoms with Gasteiger partial charge in [0.1, 0.15) is 0 Å². The van der Waals surface area contributed by atoms with Crippen LogP contribution >= 0.6 is 0 Å². The Bertz CT molecular complexity index is 649. The molecule has 0 saturated heterocycles. The maximum absolute atomic E-state index is 12.1. The number of para-hydroxylation sites is 1. The molecule has 1 aromatic heterocycles. The second-order valence-electron chi connectivity index (χ2n) is 5.45. The molecule has 4 heteroatoms. The molecule has 1 fully saturated rings. The van der Waals surface area contributed by atoms with Gasteiger partial charge in [-0.05, 0) is 31.0 Å². The number of amides is 1. The quantitative estimate of drug-likeness (QED) is 0.849. The predicted molar refractivity (Wildman–Crippen MR) is 80.7 cm³/mol. The van der Waals surface area contributed by atoms with Crippen LogP contribution in [0, 0.1) is 5.92 Å². The van der Waals surface area contributed by atoms with Gasteiger partial charge in [0.2, 0.25) is 5.91 Å². The number of hydrogen-bond acceptors (Lipinski definition) is 2. The molecule has 2 aromatic rings. The minimum absolute atomic E-state index is 0.00830. The third kappa shape index (κ3) is 3.45. The molecule has 4 nitrogen and oxygen atoms in total. The molecule has 3 rings (SSSR count). The summed E-state index contributed by atoms with van der Waals surface area (Å²) in [5, 5.41) is 4.95. The van der Waals surface area contributed by atoms with Crippen molar-refractivity contribution < 1.29 is 4.79 Å². The highest BCUT2D eigenvalue weighted by molar-refractivity contribution is 5.79. The minimum Gasteiger partial charge on any atom is -0.272 e. The lowest BCUT2D eigenvalue weighted by atomic mass is 9.89. The van der Waals surface area contributed by atoms with Crippen LogP contribution in [-0.4, -0.2) is 15.7 Å². The molecule has 0 unspecified atom stereocenters. The van der Waals surface area contributed by atoms with Gasteiger partial charge < -0.3 is 0 Å². The Morgan fingerprint density at radius 2 is 1.86 bits per heavy atom. The summed E-state index contributed by atoms with van der Waals surface area (Å²) in [4.78, 5) is 16.3. The van der Waals surface area contributed by atoms with Crippen molar-refractivity contribution in [2.24, 2.45) is 10.9 Å². The molecular formula is C17H19N3O. The van der Waals surface area contributed by atoms with Gasteiger partial charge in [-0.3, -0.25) is 4.79 Å². The summed E-state index contributed by atoms with van der Waals surface area (Å²) in [6, 6.07) is 11.7. The Kier molecular flexibility index (Phi) is 4.24. The molecule has 0 spiro atoms. The van der Waals surface area contributed by atoms with Crippen molar-refractivity contribution in [3.8, 4) is 5.69 Å². The second-order valence-corrected chi connectivity index (χ2v) is 5.45. The normalized spacial score (nSPS) is 16.9. The summed E-state index contributed by atoms with van der Waals surface area (Å²) in [7, 11) is 0. The minimum atomic E-state index is 0.00830. The van der Waals surface area contributed by atoms with Gasteiger partial charge in [0.25, 0.3) is 0 Å². The van der Waals surface area contributed by atoms with Crippen molar-refractivity contribution in [1.82, 2.24) is 9.78 Å². The van der Waals surface area contributed by atoms with Gasteiger partial charge in [0, 0.05) is 12.1 Å². The fraction of sp³-hybridized carbons (Fsp3) is 0.353. The lowest BCUT2D eigenvalue weighted by Crippen LogP contribution is -2.19. The number of carbonyl (C=O) groups is 1. The topological polar surface area (TPSA) is 47.2 Å². The molecule has 0 bridgehead atoms. The maximum atomic E-state index is 12.1. The van der Waals surface area contributed by atoms with Gasteiger partial charge in [-0.1, -0.05) is 37.5 Å². The van der Waals surface area contributed by atoms with E-state index in [2.05, 4.69) is 10.1 Å². The van der Waals surface area contributed by atoms with Gasteiger partial charge in [-0.25, -0.2) is 9.67 Å². The van der Waals surface area contributed by atoms with Gasteiger partial charge in [0.15, 0.2) is 0 Å². The average Bonchev–Trinajstić information content (AvgIpc) is 2.57. The highest BCUT2D eigenvalue weighted by atomic mass is 16.1. The van der Waals surface area contributed by atoms with Crippen molar-refractivity contribution in [3.63, 3.8) is 0 Å². The zero-order chi connectivity index (χ0) is 14.5. The van der Waals surface area contributed by atoms with Crippen LogP contribution in [0.15, 0.2) is 53.8 Å². The molecule has 1 aromatic carbocycles. The fourth-order valence-electron chi connectivity index (χ4n) is 2.72. The number of aromatic nitrogens is 2. The molecule has 0 radical (unpaired) electrons. The van der Waals surface area contributed by atoms with E-state index in [1.165, 1.54) is 6.42 Å². The molecule has 1 saturated carbocycles. The zero-order valence-corrected chi connectivity index (χ0v) is 12.0. The largest absolute Gasteiger partial charge is 0.272 e. The Labute approximate surface area is 124 Å². The summed E-state index contributed by atoms with van der Waals surface area (Å²) in [5.41, 5.74) is 0.989. The van der Waals surface area contributed by atoms with E-state index in [9.17, 15) is 4.79 Å². The zero-order valence-electron chi connectivity index (χ0n) is 12.0. The van der Waals surface area contributed by atoms with E-state index in [1.54, 1.807) is 10.9 Å². The molecule has 21 heavy (non-hydrogen) atoms. The molecule has 108 valence electrons. The van der Waals surface area contributed by atoms with Gasteiger partial charge in [0.05, 0.1) is 17.2 Å². The maximum Gasteiger partial charge on any atom is 0.249 e. The summed E-state index contributed by atoms with van der Waals surface area (Å²) in [6.45, 7) is 0. The highest BCUT2D eigenvalue weighted by Crippen LogP contribution is 2.24. The lowest BCUT2D eigenvalue weighted by molar-refractivity contribution is -0.122. The predicted octanol–water partition coefficient (Wildman–Crippen LogP) is 2.88. The van der Waals surface area contributed by atoms with Crippen molar-refractivity contribution in [2.45, 2.75) is 32.1 Å². The van der Waals surface area contributed by atoms with E-state index in [-0.39, 0.29) is 11.8 Å². The van der Waals surface area contributed by atoms with Crippen molar-refractivity contribution in [2.75, 3.05) is 0 Å². The van der Waals surface area contributed by atoms with Crippen LogP contribution in [0.5, 0.6) is 0 Å². The molecule has 1 amide bonds. The number of carbonyl (C=O) groups excluding carboxylic acids is 1. The molecular weight excluding hydrogens is 262 g/mol. The third-order valence-electron chi connectivity index (χ3n) is 3.92. The van der Waals surface area contributed by atoms with Gasteiger partial charge >= 0.3 is 0 Å². The molecule has 0 N–H and O–H groups in total. The fourth-order valence-corrected chi connectivity index (χ4v) is 2.72. The van der Waals surface area contributed by atoms with Crippen LogP contribution in [0.2, 0.25) is 0 Å². The third-order valence-corrected chi connectivity index (χ3v) is 3.92. The first-order chi connectivity index (χ1) is 10.3. The lowest BCUT2D eigenvalue weighted by Gasteiger charge is -2.17. The molecule has 1 aliphatic carbocycles. The van der Waals surface area contributed by atoms with Crippen LogP contribution in [0.3, 0.4) is 0 Å². The standard InChI is InChI=1S/C17H19N3O/c21-17(14-7-3-1-4-8-14)19-15-11-12-20(18-13-15)16-9-5-2-6-10-16/h2,5-6,9-14H,1,3-4,7-8H2/b19-15+. The molecule has 0 aliphatic heterocycles. The SMILES string of the molecule is O=C(/N=c1\ccn(-c2ccccc2)nc1)C1CCCCC1. The summed E-state index contributed by atoms with van der Waals surface area (Å²) in [5.74, 6) is 0.120. The average molecular weight is 281 g/mol. The Hall–Kier alpha value is -2.23. The smallest absolute Gasteiger partial charge is 0.249 e. The van der Waals surface area contributed by atoms with Crippen LogP contribution in [0.1, 0.15) is 32.1 Å². The van der Waals surface area contributed by atoms with E-state index in [0.717, 1.165) is 31.4 Å². The summed E-state index contributed by atoms with van der Waals surface area (Å²) < 4.78 is 1.77. The summed E-state index contributed by atoms with van der Waals surface area (Å²) >= 11 is 0. The van der Waals surface area contributed by atoms with Gasteiger partial charge in [-0.2, -0.15) is 5.10 Å². The highest BCUT2D eigenvalue weighted by Gasteiger charge is 2.20. The summed E-state index contributed by atoms with van der Waals surface area (Å²) in [6.07, 6.45) is 8.98. The van der Waals surface area contributed by atoms with Crippen LogP contribution in [0.4, 0.5) is 0 Å². The first-order valence-electron chi connectivity index (χ1n) is 7.52. The van der Waals surface area contributed by atoms with E-state index >= 15 is 0 Å². The van der Waals surface area contributed by atoms with E-state index < -0.39 is 0 Å². The van der Waals surface area contributed by atoms with E-state index in [4.69, 9.17) is 0 Å². The Morgan fingerprint density at radius 1 is 1.10 bits per heavy atom. The van der Waals surface area contributed by atoms with Crippen LogP contribution in [-0.2, 0) is 4.79 Å². The number of rotatable bonds is 2. The number of hydrogen-bond donors (Lipinski definition) is 0. The second kappa shape index (κ2) is 6.48. The first kappa shape index (κ1) is 13.7. The van der Waals surface area contributed by atoms with E-state index in [0.29, 0.717) is 5.36 Å².